The molecule has 0 spiro atoms. The lowest BCUT2D eigenvalue weighted by Gasteiger charge is -1.99. The van der Waals surface area contributed by atoms with Gasteiger partial charge in [0.05, 0.1) is 6.61 Å². The third-order valence-electron chi connectivity index (χ3n) is 1.55. The van der Waals surface area contributed by atoms with Gasteiger partial charge in [0.25, 0.3) is 0 Å². The van der Waals surface area contributed by atoms with Gasteiger partial charge < -0.3 is 4.74 Å². The predicted octanol–water partition coefficient (Wildman–Crippen LogP) is 1.96. The van der Waals surface area contributed by atoms with Crippen LogP contribution >= 0.6 is 0 Å². The molecular weight excluding hydrogens is 150 g/mol. The minimum Gasteiger partial charge on any atom is -0.380 e. The van der Waals surface area contributed by atoms with Crippen LogP contribution in [0.3, 0.4) is 0 Å². The summed E-state index contributed by atoms with van der Waals surface area (Å²) in [5.74, 6) is 0. The topological polar surface area (TPSA) is 22.1 Å². The third-order valence-corrected chi connectivity index (χ3v) is 1.55. The highest BCUT2D eigenvalue weighted by Crippen LogP contribution is 2.02. The maximum atomic E-state index is 4.97. The Balaban J connectivity index is 2.64. The zero-order valence-corrected chi connectivity index (χ0v) is 7.29. The maximum absolute atomic E-state index is 4.97. The lowest BCUT2D eigenvalue weighted by Crippen LogP contribution is -1.91. The van der Waals surface area contributed by atoms with Crippen LogP contribution in [0.2, 0.25) is 0 Å². The lowest BCUT2D eigenvalue weighted by atomic mass is 10.2. The molecule has 0 atom stereocenters. The average molecular weight is 163 g/mol. The van der Waals surface area contributed by atoms with Crippen LogP contribution in [-0.2, 0) is 17.8 Å². The number of pyridine rings is 1. The number of rotatable bonds is 4. The molecule has 2 heteroatoms. The lowest BCUT2D eigenvalue weighted by molar-refractivity contribution is 0.184. The molecular formula is C10H13NO. The minimum absolute atomic E-state index is 0.626. The zero-order chi connectivity index (χ0) is 8.81. The van der Waals surface area contributed by atoms with Crippen LogP contribution in [0.1, 0.15) is 11.3 Å². The normalized spacial score (nSPS) is 9.75. The second-order valence-corrected chi connectivity index (χ2v) is 2.58. The molecule has 0 N–H and O–H groups in total. The van der Waals surface area contributed by atoms with Crippen LogP contribution in [0.4, 0.5) is 0 Å². The number of nitrogens with zero attached hydrogens (tertiary/aromatic N) is 1. The number of ether oxygens (including phenoxy) is 1. The molecule has 2 nitrogen and oxygen atoms in total. The van der Waals surface area contributed by atoms with Crippen molar-refractivity contribution in [2.24, 2.45) is 0 Å². The summed E-state index contributed by atoms with van der Waals surface area (Å²) < 4.78 is 4.97. The average Bonchev–Trinajstić information content (AvgIpc) is 2.09. The van der Waals surface area contributed by atoms with Crippen molar-refractivity contribution in [2.75, 3.05) is 7.11 Å². The second kappa shape index (κ2) is 4.67. The van der Waals surface area contributed by atoms with Gasteiger partial charge in [-0.15, -0.1) is 6.58 Å². The maximum Gasteiger partial charge on any atom is 0.0728 e. The van der Waals surface area contributed by atoms with Crippen molar-refractivity contribution >= 4 is 0 Å². The molecule has 0 unspecified atom stereocenters. The highest BCUT2D eigenvalue weighted by atomic mass is 16.5. The van der Waals surface area contributed by atoms with Gasteiger partial charge in [0.15, 0.2) is 0 Å². The van der Waals surface area contributed by atoms with E-state index in [0.717, 1.165) is 17.7 Å². The zero-order valence-electron chi connectivity index (χ0n) is 7.29. The fraction of sp³-hybridized carbons (Fsp3) is 0.300. The summed E-state index contributed by atoms with van der Waals surface area (Å²) in [4.78, 5) is 4.24. The van der Waals surface area contributed by atoms with Crippen LogP contribution in [-0.4, -0.2) is 12.1 Å². The summed E-state index contributed by atoms with van der Waals surface area (Å²) in [5.41, 5.74) is 2.15. The van der Waals surface area contributed by atoms with Gasteiger partial charge in [-0.3, -0.25) is 4.98 Å². The summed E-state index contributed by atoms with van der Waals surface area (Å²) in [6.45, 7) is 4.28. The summed E-state index contributed by atoms with van der Waals surface area (Å²) in [6, 6.07) is 4.02. The Morgan fingerprint density at radius 3 is 2.92 bits per heavy atom. The van der Waals surface area contributed by atoms with Gasteiger partial charge in [0, 0.05) is 25.4 Å². The van der Waals surface area contributed by atoms with E-state index in [-0.39, 0.29) is 0 Å². The molecule has 12 heavy (non-hydrogen) atoms. The number of hydrogen-bond donors (Lipinski definition) is 0. The van der Waals surface area contributed by atoms with Crippen LogP contribution in [0, 0.1) is 0 Å². The van der Waals surface area contributed by atoms with Crippen molar-refractivity contribution in [3.63, 3.8) is 0 Å². The monoisotopic (exact) mass is 163 g/mol. The Kier molecular flexibility index (Phi) is 3.48. The second-order valence-electron chi connectivity index (χ2n) is 2.58. The molecule has 0 saturated carbocycles. The van der Waals surface area contributed by atoms with E-state index < -0.39 is 0 Å². The molecule has 0 fully saturated rings. The van der Waals surface area contributed by atoms with E-state index in [1.54, 1.807) is 7.11 Å². The number of allylic oxidation sites excluding steroid dienone is 1. The van der Waals surface area contributed by atoms with E-state index >= 15 is 0 Å². The fourth-order valence-corrected chi connectivity index (χ4v) is 0.976. The molecule has 0 aliphatic rings. The summed E-state index contributed by atoms with van der Waals surface area (Å²) >= 11 is 0. The summed E-state index contributed by atoms with van der Waals surface area (Å²) in [5, 5.41) is 0. The number of hydrogen-bond acceptors (Lipinski definition) is 2. The molecule has 1 aromatic heterocycles. The van der Waals surface area contributed by atoms with E-state index in [2.05, 4.69) is 11.6 Å². The summed E-state index contributed by atoms with van der Waals surface area (Å²) in [7, 11) is 1.68. The Bertz CT molecular complexity index is 241. The van der Waals surface area contributed by atoms with Gasteiger partial charge in [-0.25, -0.2) is 0 Å². The van der Waals surface area contributed by atoms with Gasteiger partial charge in [-0.05, 0) is 11.6 Å². The van der Waals surface area contributed by atoms with E-state index in [1.807, 2.05) is 24.4 Å². The standard InChI is InChI=1S/C10H13NO/c1-3-4-10-6-5-9(7-11-10)8-12-2/h3,5-7H,1,4,8H2,2H3. The van der Waals surface area contributed by atoms with Crippen molar-refractivity contribution in [2.45, 2.75) is 13.0 Å². The van der Waals surface area contributed by atoms with Crippen molar-refractivity contribution in [3.8, 4) is 0 Å². The largest absolute Gasteiger partial charge is 0.380 e. The van der Waals surface area contributed by atoms with Crippen LogP contribution < -0.4 is 0 Å². The molecule has 0 saturated heterocycles. The molecule has 0 aliphatic carbocycles. The minimum atomic E-state index is 0.626. The first-order valence-corrected chi connectivity index (χ1v) is 3.90. The van der Waals surface area contributed by atoms with Crippen LogP contribution in [0.15, 0.2) is 31.0 Å². The molecule has 64 valence electrons. The van der Waals surface area contributed by atoms with Gasteiger partial charge in [0.1, 0.15) is 0 Å². The number of methoxy groups -OCH3 is 1. The van der Waals surface area contributed by atoms with Gasteiger partial charge >= 0.3 is 0 Å². The first kappa shape index (κ1) is 8.94. The molecule has 1 rings (SSSR count). The molecule has 0 aliphatic heterocycles. The molecule has 0 amide bonds. The molecule has 0 aromatic carbocycles. The third kappa shape index (κ3) is 2.47. The molecule has 0 radical (unpaired) electrons. The number of aromatic nitrogens is 1. The van der Waals surface area contributed by atoms with Gasteiger partial charge in [0.2, 0.25) is 0 Å². The highest BCUT2D eigenvalue weighted by molar-refractivity contribution is 5.14. The fourth-order valence-electron chi connectivity index (χ4n) is 0.976. The van der Waals surface area contributed by atoms with Crippen molar-refractivity contribution in [3.05, 3.63) is 42.2 Å². The Hall–Kier alpha value is -1.15. The molecule has 1 aromatic rings. The van der Waals surface area contributed by atoms with E-state index in [0.29, 0.717) is 6.61 Å². The Morgan fingerprint density at radius 1 is 1.58 bits per heavy atom. The first-order valence-electron chi connectivity index (χ1n) is 3.90. The quantitative estimate of drug-likeness (QED) is 0.633. The Morgan fingerprint density at radius 2 is 2.42 bits per heavy atom. The SMILES string of the molecule is C=CCc1ccc(COC)cn1. The Labute approximate surface area is 72.9 Å². The van der Waals surface area contributed by atoms with Crippen LogP contribution in [0.5, 0.6) is 0 Å². The molecule has 0 bridgehead atoms. The van der Waals surface area contributed by atoms with E-state index in [1.165, 1.54) is 0 Å². The predicted molar refractivity (Wildman–Crippen MR) is 48.9 cm³/mol. The summed E-state index contributed by atoms with van der Waals surface area (Å²) in [6.07, 6.45) is 4.51. The first-order chi connectivity index (χ1) is 5.86. The highest BCUT2D eigenvalue weighted by Gasteiger charge is 1.92. The molecule has 1 heterocycles. The van der Waals surface area contributed by atoms with Crippen molar-refractivity contribution in [1.82, 2.24) is 4.98 Å². The van der Waals surface area contributed by atoms with E-state index in [4.69, 9.17) is 4.74 Å². The van der Waals surface area contributed by atoms with Crippen molar-refractivity contribution < 1.29 is 4.74 Å². The van der Waals surface area contributed by atoms with Gasteiger partial charge in [-0.2, -0.15) is 0 Å². The van der Waals surface area contributed by atoms with Crippen molar-refractivity contribution in [1.29, 1.82) is 0 Å². The van der Waals surface area contributed by atoms with Crippen LogP contribution in [0.25, 0.3) is 0 Å². The van der Waals surface area contributed by atoms with E-state index in [9.17, 15) is 0 Å². The van der Waals surface area contributed by atoms with Gasteiger partial charge in [-0.1, -0.05) is 12.1 Å². The smallest absolute Gasteiger partial charge is 0.0728 e.